The molecule has 0 N–H and O–H groups in total. The molecule has 0 atom stereocenters. The number of carbonyl (C=O) groups is 1. The fraction of sp³-hybridized carbons (Fsp3) is 0.636. The number of amides is 1. The predicted octanol–water partition coefficient (Wildman–Crippen LogP) is 1.31. The number of hydrogen-bond acceptors (Lipinski definition) is 4. The summed E-state index contributed by atoms with van der Waals surface area (Å²) in [7, 11) is 3.96. The first-order valence-corrected chi connectivity index (χ1v) is 6.38. The second-order valence-corrected chi connectivity index (χ2v) is 4.99. The van der Waals surface area contributed by atoms with Crippen LogP contribution in [-0.2, 0) is 0 Å². The quantitative estimate of drug-likeness (QED) is 0.777. The van der Waals surface area contributed by atoms with Gasteiger partial charge in [0.25, 0.3) is 5.91 Å². The van der Waals surface area contributed by atoms with Crippen molar-refractivity contribution >= 4 is 17.4 Å². The number of nitrogens with zero attached hydrogens (tertiary/aromatic N) is 3. The number of hydrogen-bond donors (Lipinski definition) is 0. The van der Waals surface area contributed by atoms with Gasteiger partial charge in [0.1, 0.15) is 5.69 Å². The Bertz CT molecular complexity index is 348. The number of aromatic nitrogens is 1. The van der Waals surface area contributed by atoms with Gasteiger partial charge < -0.3 is 9.80 Å². The first-order valence-electron chi connectivity index (χ1n) is 5.54. The zero-order chi connectivity index (χ0) is 11.5. The third-order valence-electron chi connectivity index (χ3n) is 2.96. The number of rotatable bonds is 5. The lowest BCUT2D eigenvalue weighted by Crippen LogP contribution is -2.35. The van der Waals surface area contributed by atoms with Gasteiger partial charge in [-0.1, -0.05) is 0 Å². The van der Waals surface area contributed by atoms with Crippen molar-refractivity contribution in [1.82, 2.24) is 14.2 Å². The summed E-state index contributed by atoms with van der Waals surface area (Å²) in [6, 6.07) is 2.52. The van der Waals surface area contributed by atoms with Crippen molar-refractivity contribution in [3.8, 4) is 0 Å². The third-order valence-corrected chi connectivity index (χ3v) is 3.52. The van der Waals surface area contributed by atoms with E-state index >= 15 is 0 Å². The zero-order valence-corrected chi connectivity index (χ0v) is 10.5. The lowest BCUT2D eigenvalue weighted by molar-refractivity contribution is 0.0777. The van der Waals surface area contributed by atoms with Gasteiger partial charge in [-0.05, 0) is 37.5 Å². The molecule has 1 aromatic heterocycles. The van der Waals surface area contributed by atoms with Crippen LogP contribution in [0.25, 0.3) is 0 Å². The minimum absolute atomic E-state index is 0.0189. The van der Waals surface area contributed by atoms with E-state index in [2.05, 4.69) is 16.3 Å². The second-order valence-electron chi connectivity index (χ2n) is 4.32. The molecule has 0 radical (unpaired) electrons. The van der Waals surface area contributed by atoms with Crippen LogP contribution in [0.5, 0.6) is 0 Å². The minimum atomic E-state index is 0.0189. The van der Waals surface area contributed by atoms with Gasteiger partial charge in [0.05, 0.1) is 0 Å². The van der Waals surface area contributed by atoms with Crippen LogP contribution < -0.4 is 0 Å². The second kappa shape index (κ2) is 4.93. The van der Waals surface area contributed by atoms with Crippen LogP contribution in [0.15, 0.2) is 11.4 Å². The number of likely N-dealkylation sites (N-methyl/N-ethyl adjacent to an activating group) is 2. The molecular formula is C11H17N3OS. The molecule has 88 valence electrons. The molecule has 0 aliphatic heterocycles. The molecule has 1 heterocycles. The summed E-state index contributed by atoms with van der Waals surface area (Å²) in [5.74, 6) is 0.0189. The molecule has 1 aromatic rings. The molecule has 0 unspecified atom stereocenters. The Morgan fingerprint density at radius 1 is 1.50 bits per heavy atom. The van der Waals surface area contributed by atoms with E-state index in [1.807, 2.05) is 12.4 Å². The standard InChI is InChI=1S/C11H17N3OS/c1-13(9-3-4-9)6-7-14(2)11(15)10-5-8-16-12-10/h5,8-9H,3-4,6-7H2,1-2H3. The summed E-state index contributed by atoms with van der Waals surface area (Å²) in [5.41, 5.74) is 0.557. The van der Waals surface area contributed by atoms with Crippen molar-refractivity contribution in [2.45, 2.75) is 18.9 Å². The Labute approximate surface area is 100 Å². The maximum atomic E-state index is 11.9. The Kier molecular flexibility index (Phi) is 3.56. The summed E-state index contributed by atoms with van der Waals surface area (Å²) in [6.45, 7) is 1.71. The summed E-state index contributed by atoms with van der Waals surface area (Å²) in [4.78, 5) is 15.9. The van der Waals surface area contributed by atoms with Crippen LogP contribution >= 0.6 is 11.5 Å². The lowest BCUT2D eigenvalue weighted by atomic mass is 10.3. The highest BCUT2D eigenvalue weighted by atomic mass is 32.1. The average molecular weight is 239 g/mol. The highest BCUT2D eigenvalue weighted by Crippen LogP contribution is 2.24. The molecule has 4 nitrogen and oxygen atoms in total. The molecule has 0 saturated heterocycles. The Hall–Kier alpha value is -0.940. The summed E-state index contributed by atoms with van der Waals surface area (Å²) < 4.78 is 4.05. The molecule has 5 heteroatoms. The lowest BCUT2D eigenvalue weighted by Gasteiger charge is -2.21. The van der Waals surface area contributed by atoms with Gasteiger partial charge in [-0.25, -0.2) is 0 Å². The van der Waals surface area contributed by atoms with E-state index in [0.29, 0.717) is 5.69 Å². The van der Waals surface area contributed by atoms with E-state index in [1.165, 1.54) is 24.4 Å². The van der Waals surface area contributed by atoms with E-state index in [0.717, 1.165) is 19.1 Å². The van der Waals surface area contributed by atoms with Crippen LogP contribution in [0.4, 0.5) is 0 Å². The van der Waals surface area contributed by atoms with Gasteiger partial charge in [0, 0.05) is 31.6 Å². The fourth-order valence-electron chi connectivity index (χ4n) is 1.63. The van der Waals surface area contributed by atoms with E-state index in [9.17, 15) is 4.79 Å². The Morgan fingerprint density at radius 2 is 2.25 bits per heavy atom. The van der Waals surface area contributed by atoms with E-state index < -0.39 is 0 Å². The van der Waals surface area contributed by atoms with Crippen molar-refractivity contribution in [1.29, 1.82) is 0 Å². The topological polar surface area (TPSA) is 36.4 Å². The van der Waals surface area contributed by atoms with Crippen LogP contribution in [-0.4, -0.2) is 53.3 Å². The van der Waals surface area contributed by atoms with Gasteiger partial charge in [-0.15, -0.1) is 0 Å². The van der Waals surface area contributed by atoms with Crippen LogP contribution in [0.3, 0.4) is 0 Å². The smallest absolute Gasteiger partial charge is 0.273 e. The average Bonchev–Trinajstić information content (AvgIpc) is 3.00. The Balaban J connectivity index is 1.78. The van der Waals surface area contributed by atoms with Gasteiger partial charge in [-0.3, -0.25) is 4.79 Å². The van der Waals surface area contributed by atoms with Gasteiger partial charge in [0.15, 0.2) is 0 Å². The van der Waals surface area contributed by atoms with Crippen LogP contribution in [0.1, 0.15) is 23.3 Å². The zero-order valence-electron chi connectivity index (χ0n) is 9.72. The minimum Gasteiger partial charge on any atom is -0.339 e. The third kappa shape index (κ3) is 2.80. The first-order chi connectivity index (χ1) is 7.68. The Morgan fingerprint density at radius 3 is 2.81 bits per heavy atom. The predicted molar refractivity (Wildman–Crippen MR) is 64.7 cm³/mol. The van der Waals surface area contributed by atoms with Crippen LogP contribution in [0.2, 0.25) is 0 Å². The van der Waals surface area contributed by atoms with Crippen LogP contribution in [0, 0.1) is 0 Å². The van der Waals surface area contributed by atoms with Crippen molar-refractivity contribution in [2.24, 2.45) is 0 Å². The normalized spacial score (nSPS) is 15.4. The molecule has 0 spiro atoms. The molecule has 0 aromatic carbocycles. The maximum Gasteiger partial charge on any atom is 0.273 e. The van der Waals surface area contributed by atoms with Gasteiger partial charge in [-0.2, -0.15) is 4.37 Å². The molecule has 1 amide bonds. The molecular weight excluding hydrogens is 222 g/mol. The molecule has 1 saturated carbocycles. The van der Waals surface area contributed by atoms with Crippen molar-refractivity contribution in [2.75, 3.05) is 27.2 Å². The maximum absolute atomic E-state index is 11.9. The van der Waals surface area contributed by atoms with Crippen molar-refractivity contribution in [3.63, 3.8) is 0 Å². The summed E-state index contributed by atoms with van der Waals surface area (Å²) in [5, 5.41) is 1.83. The molecule has 1 fully saturated rings. The molecule has 0 bridgehead atoms. The summed E-state index contributed by atoms with van der Waals surface area (Å²) in [6.07, 6.45) is 2.61. The highest BCUT2D eigenvalue weighted by Gasteiger charge is 2.26. The monoisotopic (exact) mass is 239 g/mol. The molecule has 2 rings (SSSR count). The van der Waals surface area contributed by atoms with Crippen molar-refractivity contribution in [3.05, 3.63) is 17.1 Å². The van der Waals surface area contributed by atoms with E-state index in [-0.39, 0.29) is 5.91 Å². The highest BCUT2D eigenvalue weighted by molar-refractivity contribution is 7.03. The molecule has 1 aliphatic carbocycles. The van der Waals surface area contributed by atoms with E-state index in [1.54, 1.807) is 11.0 Å². The number of carbonyl (C=O) groups excluding carboxylic acids is 1. The summed E-state index contributed by atoms with van der Waals surface area (Å²) >= 11 is 1.32. The molecule has 16 heavy (non-hydrogen) atoms. The fourth-order valence-corrected chi connectivity index (χ4v) is 2.13. The van der Waals surface area contributed by atoms with E-state index in [4.69, 9.17) is 0 Å². The largest absolute Gasteiger partial charge is 0.339 e. The van der Waals surface area contributed by atoms with Gasteiger partial charge >= 0.3 is 0 Å². The first kappa shape index (κ1) is 11.5. The molecule has 1 aliphatic rings. The SMILES string of the molecule is CN(CCN(C)C1CC1)C(=O)c1ccsn1. The van der Waals surface area contributed by atoms with Crippen molar-refractivity contribution < 1.29 is 4.79 Å². The van der Waals surface area contributed by atoms with Gasteiger partial charge in [0.2, 0.25) is 0 Å².